The lowest BCUT2D eigenvalue weighted by Gasteiger charge is -2.19. The third kappa shape index (κ3) is 5.75. The van der Waals surface area contributed by atoms with E-state index >= 15 is 0 Å². The normalized spacial score (nSPS) is 10.3. The molecule has 0 bridgehead atoms. The fourth-order valence-electron chi connectivity index (χ4n) is 2.68. The summed E-state index contributed by atoms with van der Waals surface area (Å²) in [5.41, 5.74) is 1.44. The van der Waals surface area contributed by atoms with E-state index in [0.29, 0.717) is 0 Å². The molecule has 132 valence electrons. The molecule has 0 radical (unpaired) electrons. The standard InChI is InChI=1S/C21H26N2O2/c1-22(20(24)18-12-6-3-7-13-18)16-10-5-11-17-23(2)21(25)19-14-8-4-9-15-19/h3-4,6-9,12-15H,5,10-11,16-17H2,1-2H3. The van der Waals surface area contributed by atoms with E-state index in [4.69, 9.17) is 0 Å². The number of unbranched alkanes of at least 4 members (excludes halogenated alkanes) is 2. The SMILES string of the molecule is CN(CCCCCN(C)C(=O)c1ccccc1)C(=O)c1ccccc1. The second kappa shape index (κ2) is 9.62. The zero-order chi connectivity index (χ0) is 18.1. The zero-order valence-electron chi connectivity index (χ0n) is 15.0. The largest absolute Gasteiger partial charge is 0.342 e. The Bertz CT molecular complexity index is 611. The topological polar surface area (TPSA) is 40.6 Å². The molecule has 0 aliphatic rings. The van der Waals surface area contributed by atoms with Crippen LogP contribution in [0.4, 0.5) is 0 Å². The van der Waals surface area contributed by atoms with Crippen LogP contribution in [0.25, 0.3) is 0 Å². The molecule has 0 spiro atoms. The number of carbonyl (C=O) groups is 2. The van der Waals surface area contributed by atoms with Crippen molar-refractivity contribution in [2.75, 3.05) is 27.2 Å². The fraction of sp³-hybridized carbons (Fsp3) is 0.333. The minimum absolute atomic E-state index is 0.0528. The van der Waals surface area contributed by atoms with Gasteiger partial charge < -0.3 is 9.80 Å². The molecular weight excluding hydrogens is 312 g/mol. The molecule has 2 aromatic carbocycles. The molecule has 2 aromatic rings. The van der Waals surface area contributed by atoms with Crippen molar-refractivity contribution < 1.29 is 9.59 Å². The van der Waals surface area contributed by atoms with Gasteiger partial charge in [-0.05, 0) is 43.5 Å². The number of amides is 2. The second-order valence-electron chi connectivity index (χ2n) is 6.25. The van der Waals surface area contributed by atoms with E-state index in [-0.39, 0.29) is 11.8 Å². The first-order chi connectivity index (χ1) is 12.1. The van der Waals surface area contributed by atoms with E-state index in [1.807, 2.05) is 74.8 Å². The van der Waals surface area contributed by atoms with Crippen LogP contribution in [0.1, 0.15) is 40.0 Å². The Balaban J connectivity index is 1.66. The number of hydrogen-bond acceptors (Lipinski definition) is 2. The average molecular weight is 338 g/mol. The van der Waals surface area contributed by atoms with Crippen molar-refractivity contribution >= 4 is 11.8 Å². The Morgan fingerprint density at radius 2 is 1.00 bits per heavy atom. The van der Waals surface area contributed by atoms with Gasteiger partial charge in [0.25, 0.3) is 11.8 Å². The second-order valence-corrected chi connectivity index (χ2v) is 6.25. The van der Waals surface area contributed by atoms with E-state index in [1.54, 1.807) is 9.80 Å². The maximum atomic E-state index is 12.2. The minimum Gasteiger partial charge on any atom is -0.342 e. The predicted octanol–water partition coefficient (Wildman–Crippen LogP) is 3.70. The van der Waals surface area contributed by atoms with Crippen molar-refractivity contribution in [3.63, 3.8) is 0 Å². The summed E-state index contributed by atoms with van der Waals surface area (Å²) >= 11 is 0. The predicted molar refractivity (Wildman–Crippen MR) is 101 cm³/mol. The number of hydrogen-bond donors (Lipinski definition) is 0. The number of carbonyl (C=O) groups excluding carboxylic acids is 2. The van der Waals surface area contributed by atoms with Crippen LogP contribution in [0.2, 0.25) is 0 Å². The average Bonchev–Trinajstić information content (AvgIpc) is 2.67. The van der Waals surface area contributed by atoms with Crippen molar-refractivity contribution in [3.05, 3.63) is 71.8 Å². The molecule has 0 saturated carbocycles. The quantitative estimate of drug-likeness (QED) is 0.689. The van der Waals surface area contributed by atoms with E-state index < -0.39 is 0 Å². The first-order valence-electron chi connectivity index (χ1n) is 8.70. The lowest BCUT2D eigenvalue weighted by atomic mass is 10.1. The van der Waals surface area contributed by atoms with Gasteiger partial charge >= 0.3 is 0 Å². The molecule has 0 fully saturated rings. The van der Waals surface area contributed by atoms with Crippen molar-refractivity contribution in [2.45, 2.75) is 19.3 Å². The van der Waals surface area contributed by atoms with Crippen molar-refractivity contribution in [1.82, 2.24) is 9.80 Å². The molecule has 4 heteroatoms. The van der Waals surface area contributed by atoms with E-state index in [9.17, 15) is 9.59 Å². The summed E-state index contributed by atoms with van der Waals surface area (Å²) in [5, 5.41) is 0. The van der Waals surface area contributed by atoms with Crippen LogP contribution in [0.3, 0.4) is 0 Å². The van der Waals surface area contributed by atoms with E-state index in [1.165, 1.54) is 0 Å². The summed E-state index contributed by atoms with van der Waals surface area (Å²) in [7, 11) is 3.67. The lowest BCUT2D eigenvalue weighted by molar-refractivity contribution is 0.0790. The molecule has 2 amide bonds. The summed E-state index contributed by atoms with van der Waals surface area (Å²) in [6.45, 7) is 1.45. The Hall–Kier alpha value is -2.62. The van der Waals surface area contributed by atoms with Crippen LogP contribution < -0.4 is 0 Å². The Morgan fingerprint density at radius 3 is 1.36 bits per heavy atom. The third-order valence-electron chi connectivity index (χ3n) is 4.22. The number of nitrogens with zero attached hydrogens (tertiary/aromatic N) is 2. The number of benzene rings is 2. The van der Waals surface area contributed by atoms with Crippen molar-refractivity contribution in [3.8, 4) is 0 Å². The van der Waals surface area contributed by atoms with Gasteiger partial charge in [-0.1, -0.05) is 36.4 Å². The van der Waals surface area contributed by atoms with Gasteiger partial charge in [-0.2, -0.15) is 0 Å². The maximum absolute atomic E-state index is 12.2. The highest BCUT2D eigenvalue weighted by atomic mass is 16.2. The van der Waals surface area contributed by atoms with Crippen LogP contribution in [0, 0.1) is 0 Å². The molecule has 0 aromatic heterocycles. The Labute approximate surface area is 150 Å². The van der Waals surface area contributed by atoms with Crippen molar-refractivity contribution in [2.24, 2.45) is 0 Å². The van der Waals surface area contributed by atoms with Gasteiger partial charge in [0.2, 0.25) is 0 Å². The minimum atomic E-state index is 0.0528. The highest BCUT2D eigenvalue weighted by Crippen LogP contribution is 2.07. The molecule has 0 heterocycles. The molecule has 0 saturated heterocycles. The van der Waals surface area contributed by atoms with Gasteiger partial charge in [0, 0.05) is 38.3 Å². The van der Waals surface area contributed by atoms with Gasteiger partial charge in [-0.3, -0.25) is 9.59 Å². The zero-order valence-corrected chi connectivity index (χ0v) is 15.0. The molecule has 25 heavy (non-hydrogen) atoms. The summed E-state index contributed by atoms with van der Waals surface area (Å²) in [6, 6.07) is 18.7. The Morgan fingerprint density at radius 1 is 0.640 bits per heavy atom. The molecule has 0 aliphatic carbocycles. The van der Waals surface area contributed by atoms with Crippen molar-refractivity contribution in [1.29, 1.82) is 0 Å². The summed E-state index contributed by atoms with van der Waals surface area (Å²) in [4.78, 5) is 28.0. The highest BCUT2D eigenvalue weighted by Gasteiger charge is 2.12. The van der Waals surface area contributed by atoms with E-state index in [0.717, 1.165) is 43.5 Å². The van der Waals surface area contributed by atoms with E-state index in [2.05, 4.69) is 0 Å². The molecule has 0 N–H and O–H groups in total. The van der Waals surface area contributed by atoms with Crippen LogP contribution in [-0.2, 0) is 0 Å². The van der Waals surface area contributed by atoms with Crippen LogP contribution in [0.5, 0.6) is 0 Å². The fourth-order valence-corrected chi connectivity index (χ4v) is 2.68. The summed E-state index contributed by atoms with van der Waals surface area (Å²) in [6.07, 6.45) is 2.85. The molecule has 2 rings (SSSR count). The highest BCUT2D eigenvalue weighted by molar-refractivity contribution is 5.94. The van der Waals surface area contributed by atoms with Crippen LogP contribution in [0.15, 0.2) is 60.7 Å². The summed E-state index contributed by atoms with van der Waals surface area (Å²) in [5.74, 6) is 0.106. The Kier molecular flexibility index (Phi) is 7.20. The van der Waals surface area contributed by atoms with Gasteiger partial charge in [0.05, 0.1) is 0 Å². The van der Waals surface area contributed by atoms with Gasteiger partial charge in [-0.25, -0.2) is 0 Å². The molecule has 0 atom stereocenters. The van der Waals surface area contributed by atoms with Gasteiger partial charge in [0.1, 0.15) is 0 Å². The molecule has 0 aliphatic heterocycles. The monoisotopic (exact) mass is 338 g/mol. The first kappa shape index (κ1) is 18.7. The molecular formula is C21H26N2O2. The van der Waals surface area contributed by atoms with Crippen LogP contribution >= 0.6 is 0 Å². The third-order valence-corrected chi connectivity index (χ3v) is 4.22. The maximum Gasteiger partial charge on any atom is 0.253 e. The first-order valence-corrected chi connectivity index (χ1v) is 8.70. The smallest absolute Gasteiger partial charge is 0.253 e. The summed E-state index contributed by atoms with van der Waals surface area (Å²) < 4.78 is 0. The molecule has 4 nitrogen and oxygen atoms in total. The molecule has 0 unspecified atom stereocenters. The lowest BCUT2D eigenvalue weighted by Crippen LogP contribution is -2.29. The van der Waals surface area contributed by atoms with Crippen LogP contribution in [-0.4, -0.2) is 48.8 Å². The number of rotatable bonds is 8. The van der Waals surface area contributed by atoms with Gasteiger partial charge in [-0.15, -0.1) is 0 Å². The van der Waals surface area contributed by atoms with Gasteiger partial charge in [0.15, 0.2) is 0 Å².